The highest BCUT2D eigenvalue weighted by Crippen LogP contribution is 1.99. The molecule has 0 aliphatic carbocycles. The molecule has 0 atom stereocenters. The van der Waals surface area contributed by atoms with Gasteiger partial charge in [-0.15, -0.1) is 5.10 Å². The summed E-state index contributed by atoms with van der Waals surface area (Å²) < 4.78 is 8.51. The molecule has 0 aliphatic heterocycles. The van der Waals surface area contributed by atoms with E-state index in [1.54, 1.807) is 11.8 Å². The SMILES string of the molecule is COCCNCc1ccn(Cc2cn(C)nn2)n1. The molecule has 2 aromatic heterocycles. The third kappa shape index (κ3) is 3.64. The van der Waals surface area contributed by atoms with Crippen LogP contribution in [0.3, 0.4) is 0 Å². The molecule has 2 aromatic rings. The molecule has 0 saturated heterocycles. The lowest BCUT2D eigenvalue weighted by molar-refractivity contribution is 0.199. The number of aromatic nitrogens is 5. The van der Waals surface area contributed by atoms with Gasteiger partial charge in [-0.1, -0.05) is 5.21 Å². The number of hydrogen-bond donors (Lipinski definition) is 1. The normalized spacial score (nSPS) is 11.0. The van der Waals surface area contributed by atoms with Crippen molar-refractivity contribution in [2.75, 3.05) is 20.3 Å². The van der Waals surface area contributed by atoms with Crippen molar-refractivity contribution in [3.8, 4) is 0 Å². The van der Waals surface area contributed by atoms with Crippen molar-refractivity contribution in [2.24, 2.45) is 7.05 Å². The van der Waals surface area contributed by atoms with Crippen molar-refractivity contribution in [1.82, 2.24) is 30.1 Å². The third-order valence-electron chi connectivity index (χ3n) is 2.46. The minimum Gasteiger partial charge on any atom is -0.383 e. The predicted molar refractivity (Wildman–Crippen MR) is 65.9 cm³/mol. The van der Waals surface area contributed by atoms with Crippen molar-refractivity contribution in [3.05, 3.63) is 29.8 Å². The standard InChI is InChI=1S/C11H18N6O/c1-16-8-11(13-15-16)9-17-5-3-10(14-17)7-12-4-6-18-2/h3,5,8,12H,4,6-7,9H2,1-2H3. The molecule has 2 rings (SSSR count). The van der Waals surface area contributed by atoms with Crippen LogP contribution in [-0.4, -0.2) is 45.0 Å². The summed E-state index contributed by atoms with van der Waals surface area (Å²) >= 11 is 0. The van der Waals surface area contributed by atoms with Crippen molar-refractivity contribution in [1.29, 1.82) is 0 Å². The lowest BCUT2D eigenvalue weighted by atomic mass is 10.4. The first-order valence-corrected chi connectivity index (χ1v) is 5.85. The Hall–Kier alpha value is -1.73. The van der Waals surface area contributed by atoms with Gasteiger partial charge in [0.1, 0.15) is 5.69 Å². The average Bonchev–Trinajstić information content (AvgIpc) is 2.95. The minimum absolute atomic E-state index is 0.645. The highest BCUT2D eigenvalue weighted by atomic mass is 16.5. The Morgan fingerprint density at radius 2 is 2.28 bits per heavy atom. The molecule has 7 heteroatoms. The Bertz CT molecular complexity index is 477. The zero-order valence-corrected chi connectivity index (χ0v) is 10.7. The molecule has 2 heterocycles. The molecule has 0 aromatic carbocycles. The van der Waals surface area contributed by atoms with Crippen molar-refractivity contribution in [2.45, 2.75) is 13.1 Å². The molecule has 1 N–H and O–H groups in total. The topological polar surface area (TPSA) is 69.8 Å². The molecule has 0 bridgehead atoms. The van der Waals surface area contributed by atoms with Gasteiger partial charge >= 0.3 is 0 Å². The highest BCUT2D eigenvalue weighted by molar-refractivity contribution is 5.01. The number of ether oxygens (including phenoxy) is 1. The van der Waals surface area contributed by atoms with Gasteiger partial charge < -0.3 is 10.1 Å². The Morgan fingerprint density at radius 3 is 3.00 bits per heavy atom. The summed E-state index contributed by atoms with van der Waals surface area (Å²) in [4.78, 5) is 0. The zero-order chi connectivity index (χ0) is 12.8. The number of aryl methyl sites for hydroxylation is 1. The molecule has 0 aliphatic rings. The van der Waals surface area contributed by atoms with E-state index in [2.05, 4.69) is 20.7 Å². The van der Waals surface area contributed by atoms with E-state index in [9.17, 15) is 0 Å². The van der Waals surface area contributed by atoms with E-state index < -0.39 is 0 Å². The lowest BCUT2D eigenvalue weighted by Crippen LogP contribution is -2.19. The van der Waals surface area contributed by atoms with Crippen LogP contribution in [0.2, 0.25) is 0 Å². The average molecular weight is 250 g/mol. The van der Waals surface area contributed by atoms with E-state index in [1.807, 2.05) is 30.2 Å². The van der Waals surface area contributed by atoms with Crippen LogP contribution in [0, 0.1) is 0 Å². The van der Waals surface area contributed by atoms with E-state index in [0.29, 0.717) is 13.2 Å². The first kappa shape index (κ1) is 12.7. The summed E-state index contributed by atoms with van der Waals surface area (Å²) in [6.07, 6.45) is 3.83. The first-order valence-electron chi connectivity index (χ1n) is 5.85. The fraction of sp³-hybridized carbons (Fsp3) is 0.545. The maximum absolute atomic E-state index is 4.96. The monoisotopic (exact) mass is 250 g/mol. The number of hydrogen-bond acceptors (Lipinski definition) is 5. The Labute approximate surface area is 106 Å². The van der Waals surface area contributed by atoms with Crippen LogP contribution < -0.4 is 5.32 Å². The summed E-state index contributed by atoms with van der Waals surface area (Å²) in [6.45, 7) is 2.93. The van der Waals surface area contributed by atoms with Crippen LogP contribution >= 0.6 is 0 Å². The van der Waals surface area contributed by atoms with E-state index in [0.717, 1.165) is 24.5 Å². The van der Waals surface area contributed by atoms with Crippen molar-refractivity contribution >= 4 is 0 Å². The van der Waals surface area contributed by atoms with Crippen LogP contribution in [0.25, 0.3) is 0 Å². The third-order valence-corrected chi connectivity index (χ3v) is 2.46. The second-order valence-corrected chi connectivity index (χ2v) is 4.06. The van der Waals surface area contributed by atoms with Crippen molar-refractivity contribution in [3.63, 3.8) is 0 Å². The van der Waals surface area contributed by atoms with Gasteiger partial charge in [-0.05, 0) is 6.07 Å². The van der Waals surface area contributed by atoms with Gasteiger partial charge in [-0.2, -0.15) is 5.10 Å². The molecule has 0 fully saturated rings. The fourth-order valence-corrected chi connectivity index (χ4v) is 1.61. The molecular formula is C11H18N6O. The molecule has 18 heavy (non-hydrogen) atoms. The van der Waals surface area contributed by atoms with Crippen LogP contribution in [0.5, 0.6) is 0 Å². The van der Waals surface area contributed by atoms with Gasteiger partial charge in [0.2, 0.25) is 0 Å². The summed E-state index contributed by atoms with van der Waals surface area (Å²) in [5, 5.41) is 15.6. The molecule has 0 spiro atoms. The zero-order valence-electron chi connectivity index (χ0n) is 10.7. The smallest absolute Gasteiger partial charge is 0.104 e. The maximum atomic E-state index is 4.96. The molecule has 0 unspecified atom stereocenters. The Morgan fingerprint density at radius 1 is 1.39 bits per heavy atom. The van der Waals surface area contributed by atoms with Gasteiger partial charge in [0.05, 0.1) is 18.8 Å². The van der Waals surface area contributed by atoms with Gasteiger partial charge in [0, 0.05) is 39.6 Å². The van der Waals surface area contributed by atoms with E-state index in [1.165, 1.54) is 0 Å². The number of nitrogens with zero attached hydrogens (tertiary/aromatic N) is 5. The summed E-state index contributed by atoms with van der Waals surface area (Å²) in [5.74, 6) is 0. The van der Waals surface area contributed by atoms with E-state index in [-0.39, 0.29) is 0 Å². The summed E-state index contributed by atoms with van der Waals surface area (Å²) in [6, 6.07) is 2.00. The van der Waals surface area contributed by atoms with Crippen molar-refractivity contribution < 1.29 is 4.74 Å². The largest absolute Gasteiger partial charge is 0.383 e. The molecule has 0 saturated carbocycles. The van der Waals surface area contributed by atoms with E-state index >= 15 is 0 Å². The second kappa shape index (κ2) is 6.27. The molecule has 98 valence electrons. The van der Waals surface area contributed by atoms with Gasteiger partial charge in [0.25, 0.3) is 0 Å². The maximum Gasteiger partial charge on any atom is 0.104 e. The molecule has 7 nitrogen and oxygen atoms in total. The molecule has 0 amide bonds. The Balaban J connectivity index is 1.82. The second-order valence-electron chi connectivity index (χ2n) is 4.06. The van der Waals surface area contributed by atoms with Gasteiger partial charge in [0.15, 0.2) is 0 Å². The summed E-state index contributed by atoms with van der Waals surface area (Å²) in [7, 11) is 3.54. The number of methoxy groups -OCH3 is 1. The molecular weight excluding hydrogens is 232 g/mol. The van der Waals surface area contributed by atoms with Crippen LogP contribution in [-0.2, 0) is 24.9 Å². The summed E-state index contributed by atoms with van der Waals surface area (Å²) in [5.41, 5.74) is 1.91. The van der Waals surface area contributed by atoms with Crippen LogP contribution in [0.1, 0.15) is 11.4 Å². The minimum atomic E-state index is 0.645. The van der Waals surface area contributed by atoms with E-state index in [4.69, 9.17) is 4.74 Å². The lowest BCUT2D eigenvalue weighted by Gasteiger charge is -2.01. The van der Waals surface area contributed by atoms with Crippen LogP contribution in [0.15, 0.2) is 18.5 Å². The fourth-order valence-electron chi connectivity index (χ4n) is 1.61. The van der Waals surface area contributed by atoms with Gasteiger partial charge in [-0.3, -0.25) is 9.36 Å². The van der Waals surface area contributed by atoms with Crippen LogP contribution in [0.4, 0.5) is 0 Å². The Kier molecular flexibility index (Phi) is 4.43. The number of nitrogens with one attached hydrogen (secondary N) is 1. The molecule has 0 radical (unpaired) electrons. The predicted octanol–water partition coefficient (Wildman–Crippen LogP) is -0.204. The van der Waals surface area contributed by atoms with Gasteiger partial charge in [-0.25, -0.2) is 0 Å². The quantitative estimate of drug-likeness (QED) is 0.689. The first-order chi connectivity index (χ1) is 8.78. The highest BCUT2D eigenvalue weighted by Gasteiger charge is 2.02. The number of rotatable bonds is 7.